The summed E-state index contributed by atoms with van der Waals surface area (Å²) in [5.41, 5.74) is 1.16. The molecule has 0 aliphatic carbocycles. The van der Waals surface area contributed by atoms with Crippen molar-refractivity contribution >= 4 is 22.4 Å². The predicted molar refractivity (Wildman–Crippen MR) is 89.9 cm³/mol. The first-order chi connectivity index (χ1) is 10.1. The number of fused-ring (bicyclic) bond motifs is 1. The van der Waals surface area contributed by atoms with Gasteiger partial charge in [0, 0.05) is 5.88 Å². The third-order valence-corrected chi connectivity index (χ3v) is 3.60. The fourth-order valence-electron chi connectivity index (χ4n) is 2.19. The van der Waals surface area contributed by atoms with Gasteiger partial charge >= 0.3 is 0 Å². The van der Waals surface area contributed by atoms with Crippen molar-refractivity contribution in [2.45, 2.75) is 27.2 Å². The van der Waals surface area contributed by atoms with Gasteiger partial charge in [0.05, 0.1) is 13.2 Å². The second kappa shape index (κ2) is 7.56. The standard InChI is InChI=1S/C18H23ClO2/c1-13(2)12-21-16-6-7-17-14(3)18(20-10-4-9-19)8-5-15(17)11-16/h5-8,11,13H,4,9-10,12H2,1-3H3. The molecule has 2 aromatic carbocycles. The van der Waals surface area contributed by atoms with E-state index >= 15 is 0 Å². The van der Waals surface area contributed by atoms with Gasteiger partial charge in [0.25, 0.3) is 0 Å². The summed E-state index contributed by atoms with van der Waals surface area (Å²) < 4.78 is 11.6. The Morgan fingerprint density at radius 2 is 1.90 bits per heavy atom. The number of ether oxygens (including phenoxy) is 2. The Hall–Kier alpha value is -1.41. The fourth-order valence-corrected chi connectivity index (χ4v) is 2.30. The second-order valence-corrected chi connectivity index (χ2v) is 6.05. The molecule has 0 radical (unpaired) electrons. The van der Waals surface area contributed by atoms with E-state index in [9.17, 15) is 0 Å². The van der Waals surface area contributed by atoms with Gasteiger partial charge in [-0.2, -0.15) is 0 Å². The summed E-state index contributed by atoms with van der Waals surface area (Å²) in [7, 11) is 0. The van der Waals surface area contributed by atoms with E-state index in [2.05, 4.69) is 39.0 Å². The summed E-state index contributed by atoms with van der Waals surface area (Å²) in [6.45, 7) is 7.79. The molecule has 0 aliphatic heterocycles. The molecule has 0 amide bonds. The highest BCUT2D eigenvalue weighted by molar-refractivity contribution is 6.17. The van der Waals surface area contributed by atoms with Crippen molar-refractivity contribution in [3.8, 4) is 11.5 Å². The highest BCUT2D eigenvalue weighted by Gasteiger charge is 2.06. The van der Waals surface area contributed by atoms with Gasteiger partial charge in [0.1, 0.15) is 11.5 Å². The molecule has 0 unspecified atom stereocenters. The summed E-state index contributed by atoms with van der Waals surface area (Å²) in [5, 5.41) is 2.38. The summed E-state index contributed by atoms with van der Waals surface area (Å²) in [6.07, 6.45) is 0.862. The van der Waals surface area contributed by atoms with Crippen molar-refractivity contribution in [3.63, 3.8) is 0 Å². The van der Waals surface area contributed by atoms with Crippen LogP contribution in [0.4, 0.5) is 0 Å². The maximum atomic E-state index is 5.78. The lowest BCUT2D eigenvalue weighted by Crippen LogP contribution is -2.04. The summed E-state index contributed by atoms with van der Waals surface area (Å²) in [5.74, 6) is 3.01. The van der Waals surface area contributed by atoms with E-state index in [0.29, 0.717) is 18.4 Å². The number of rotatable bonds is 7. The van der Waals surface area contributed by atoms with Crippen LogP contribution in [0, 0.1) is 12.8 Å². The average molecular weight is 307 g/mol. The average Bonchev–Trinajstić information content (AvgIpc) is 2.47. The first-order valence-corrected chi connectivity index (χ1v) is 8.00. The van der Waals surface area contributed by atoms with Gasteiger partial charge in [0.15, 0.2) is 0 Å². The lowest BCUT2D eigenvalue weighted by Gasteiger charge is -2.13. The summed E-state index contributed by atoms with van der Waals surface area (Å²) in [4.78, 5) is 0. The van der Waals surface area contributed by atoms with Gasteiger partial charge in [-0.05, 0) is 53.8 Å². The van der Waals surface area contributed by atoms with Crippen LogP contribution in [0.25, 0.3) is 10.8 Å². The molecule has 0 bridgehead atoms. The minimum absolute atomic E-state index is 0.528. The van der Waals surface area contributed by atoms with E-state index in [-0.39, 0.29) is 0 Å². The molecular formula is C18H23ClO2. The van der Waals surface area contributed by atoms with Crippen LogP contribution in [0.3, 0.4) is 0 Å². The van der Waals surface area contributed by atoms with Crippen LogP contribution in [0.2, 0.25) is 0 Å². The van der Waals surface area contributed by atoms with E-state index in [1.54, 1.807) is 0 Å². The molecular weight excluding hydrogens is 284 g/mol. The summed E-state index contributed by atoms with van der Waals surface area (Å²) in [6, 6.07) is 10.3. The van der Waals surface area contributed by atoms with Gasteiger partial charge in [-0.15, -0.1) is 11.6 Å². The van der Waals surface area contributed by atoms with Crippen LogP contribution in [-0.4, -0.2) is 19.1 Å². The SMILES string of the molecule is Cc1c(OCCCCl)ccc2cc(OCC(C)C)ccc12. The second-order valence-electron chi connectivity index (χ2n) is 5.67. The van der Waals surface area contributed by atoms with E-state index in [1.807, 2.05) is 12.1 Å². The lowest BCUT2D eigenvalue weighted by atomic mass is 10.0. The zero-order valence-corrected chi connectivity index (χ0v) is 13.7. The highest BCUT2D eigenvalue weighted by atomic mass is 35.5. The molecule has 2 rings (SSSR count). The maximum Gasteiger partial charge on any atom is 0.122 e. The topological polar surface area (TPSA) is 18.5 Å². The minimum Gasteiger partial charge on any atom is -0.493 e. The van der Waals surface area contributed by atoms with Crippen molar-refractivity contribution in [2.24, 2.45) is 5.92 Å². The van der Waals surface area contributed by atoms with Crippen LogP contribution in [0.1, 0.15) is 25.8 Å². The van der Waals surface area contributed by atoms with Crippen molar-refractivity contribution in [2.75, 3.05) is 19.1 Å². The van der Waals surface area contributed by atoms with Crippen molar-refractivity contribution in [1.29, 1.82) is 0 Å². The number of hydrogen-bond acceptors (Lipinski definition) is 2. The predicted octanol–water partition coefficient (Wildman–Crippen LogP) is 5.19. The number of alkyl halides is 1. The van der Waals surface area contributed by atoms with E-state index in [0.717, 1.165) is 30.1 Å². The van der Waals surface area contributed by atoms with E-state index in [1.165, 1.54) is 10.8 Å². The normalized spacial score (nSPS) is 11.1. The van der Waals surface area contributed by atoms with Crippen molar-refractivity contribution in [1.82, 2.24) is 0 Å². The smallest absolute Gasteiger partial charge is 0.122 e. The number of hydrogen-bond donors (Lipinski definition) is 0. The number of halogens is 1. The largest absolute Gasteiger partial charge is 0.493 e. The molecule has 114 valence electrons. The van der Waals surface area contributed by atoms with Gasteiger partial charge in [-0.1, -0.05) is 26.0 Å². The van der Waals surface area contributed by atoms with Crippen molar-refractivity contribution in [3.05, 3.63) is 35.9 Å². The fraction of sp³-hybridized carbons (Fsp3) is 0.444. The molecule has 0 N–H and O–H groups in total. The Morgan fingerprint density at radius 1 is 1.10 bits per heavy atom. The van der Waals surface area contributed by atoms with Crippen LogP contribution < -0.4 is 9.47 Å². The Kier molecular flexibility index (Phi) is 5.75. The molecule has 0 aliphatic rings. The maximum absolute atomic E-state index is 5.78. The van der Waals surface area contributed by atoms with Crippen molar-refractivity contribution < 1.29 is 9.47 Å². The summed E-state index contributed by atoms with van der Waals surface area (Å²) >= 11 is 5.68. The molecule has 0 aromatic heterocycles. The van der Waals surface area contributed by atoms with Crippen LogP contribution >= 0.6 is 11.6 Å². The van der Waals surface area contributed by atoms with E-state index < -0.39 is 0 Å². The Balaban J connectivity index is 2.19. The molecule has 3 heteroatoms. The molecule has 2 aromatic rings. The Morgan fingerprint density at radius 3 is 2.62 bits per heavy atom. The number of benzene rings is 2. The molecule has 0 saturated heterocycles. The quantitative estimate of drug-likeness (QED) is 0.517. The zero-order valence-electron chi connectivity index (χ0n) is 13.0. The third kappa shape index (κ3) is 4.28. The Labute approximate surface area is 132 Å². The third-order valence-electron chi connectivity index (χ3n) is 3.33. The number of aryl methyl sites for hydroxylation is 1. The van der Waals surface area contributed by atoms with Gasteiger partial charge in [-0.3, -0.25) is 0 Å². The monoisotopic (exact) mass is 306 g/mol. The molecule has 0 spiro atoms. The molecule has 2 nitrogen and oxygen atoms in total. The van der Waals surface area contributed by atoms with Crippen LogP contribution in [-0.2, 0) is 0 Å². The van der Waals surface area contributed by atoms with Gasteiger partial charge < -0.3 is 9.47 Å². The first kappa shape index (κ1) is 16.0. The van der Waals surface area contributed by atoms with Gasteiger partial charge in [0.2, 0.25) is 0 Å². The molecule has 0 atom stereocenters. The molecule has 0 fully saturated rings. The van der Waals surface area contributed by atoms with Crippen LogP contribution in [0.5, 0.6) is 11.5 Å². The molecule has 0 saturated carbocycles. The van der Waals surface area contributed by atoms with E-state index in [4.69, 9.17) is 21.1 Å². The lowest BCUT2D eigenvalue weighted by molar-refractivity contribution is 0.271. The molecule has 21 heavy (non-hydrogen) atoms. The van der Waals surface area contributed by atoms with Gasteiger partial charge in [-0.25, -0.2) is 0 Å². The highest BCUT2D eigenvalue weighted by Crippen LogP contribution is 2.30. The Bertz CT molecular complexity index is 593. The minimum atomic E-state index is 0.528. The first-order valence-electron chi connectivity index (χ1n) is 7.46. The van der Waals surface area contributed by atoms with Crippen LogP contribution in [0.15, 0.2) is 30.3 Å². The zero-order chi connectivity index (χ0) is 15.2. The molecule has 0 heterocycles.